The summed E-state index contributed by atoms with van der Waals surface area (Å²) >= 11 is 0. The third kappa shape index (κ3) is 5.72. The van der Waals surface area contributed by atoms with E-state index in [-0.39, 0.29) is 23.7 Å². The summed E-state index contributed by atoms with van der Waals surface area (Å²) in [5.74, 6) is 0.183. The Kier molecular flexibility index (Phi) is 7.29. The lowest BCUT2D eigenvalue weighted by atomic mass is 10.1. The fraction of sp³-hybridized carbons (Fsp3) is 0.417. The summed E-state index contributed by atoms with van der Waals surface area (Å²) in [5, 5.41) is 0. The van der Waals surface area contributed by atoms with Gasteiger partial charge in [-0.1, -0.05) is 18.6 Å². The van der Waals surface area contributed by atoms with E-state index >= 15 is 0 Å². The molecule has 0 saturated carbocycles. The molecule has 0 spiro atoms. The first kappa shape index (κ1) is 23.3. The number of piperidine rings is 1. The Hall–Kier alpha value is -2.91. The van der Waals surface area contributed by atoms with Gasteiger partial charge in [-0.25, -0.2) is 8.42 Å². The van der Waals surface area contributed by atoms with Crippen molar-refractivity contribution in [2.75, 3.05) is 32.9 Å². The fourth-order valence-corrected chi connectivity index (χ4v) is 5.33. The minimum absolute atomic E-state index is 0.0571. The molecule has 2 aliphatic rings. The Balaban J connectivity index is 1.31. The molecule has 0 aromatic heterocycles. The van der Waals surface area contributed by atoms with E-state index in [2.05, 4.69) is 0 Å². The molecule has 0 N–H and O–H groups in total. The molecular weight excluding hydrogens is 446 g/mol. The smallest absolute Gasteiger partial charge is 0.310 e. The van der Waals surface area contributed by atoms with Crippen molar-refractivity contribution in [1.82, 2.24) is 4.31 Å². The van der Waals surface area contributed by atoms with Crippen molar-refractivity contribution in [3.8, 4) is 11.5 Å². The molecule has 2 heterocycles. The van der Waals surface area contributed by atoms with Crippen molar-refractivity contribution < 1.29 is 32.2 Å². The number of ketones is 1. The normalized spacial score (nSPS) is 16.6. The summed E-state index contributed by atoms with van der Waals surface area (Å²) in [5.41, 5.74) is 0.986. The van der Waals surface area contributed by atoms with E-state index in [0.29, 0.717) is 48.9 Å². The molecule has 0 atom stereocenters. The van der Waals surface area contributed by atoms with Crippen molar-refractivity contribution in [2.24, 2.45) is 0 Å². The molecule has 2 aromatic rings. The van der Waals surface area contributed by atoms with Gasteiger partial charge in [0.15, 0.2) is 23.9 Å². The van der Waals surface area contributed by atoms with Gasteiger partial charge in [0.05, 0.1) is 24.5 Å². The predicted octanol–water partition coefficient (Wildman–Crippen LogP) is 2.99. The van der Waals surface area contributed by atoms with Gasteiger partial charge in [0, 0.05) is 25.1 Å². The quantitative estimate of drug-likeness (QED) is 0.450. The Morgan fingerprint density at radius 1 is 0.879 bits per heavy atom. The first-order valence-corrected chi connectivity index (χ1v) is 12.5. The van der Waals surface area contributed by atoms with Gasteiger partial charge in [-0.15, -0.1) is 0 Å². The number of hydrogen-bond donors (Lipinski definition) is 0. The van der Waals surface area contributed by atoms with Gasteiger partial charge in [0.1, 0.15) is 0 Å². The van der Waals surface area contributed by atoms with Crippen molar-refractivity contribution in [2.45, 2.75) is 37.0 Å². The van der Waals surface area contributed by atoms with E-state index in [0.717, 1.165) is 25.7 Å². The highest BCUT2D eigenvalue weighted by Crippen LogP contribution is 2.30. The average Bonchev–Trinajstić information content (AvgIpc) is 3.08. The maximum Gasteiger partial charge on any atom is 0.310 e. The number of ether oxygens (including phenoxy) is 3. The molecule has 4 rings (SSSR count). The van der Waals surface area contributed by atoms with Crippen LogP contribution in [0.5, 0.6) is 11.5 Å². The summed E-state index contributed by atoms with van der Waals surface area (Å²) in [6.07, 6.45) is 3.49. The number of esters is 1. The number of carbonyl (C=O) groups is 2. The molecule has 2 aromatic carbocycles. The third-order valence-corrected chi connectivity index (χ3v) is 7.57. The first-order valence-electron chi connectivity index (χ1n) is 11.1. The Labute approximate surface area is 193 Å². The number of nitrogens with zero attached hydrogens (tertiary/aromatic N) is 1. The van der Waals surface area contributed by atoms with E-state index in [9.17, 15) is 18.0 Å². The Morgan fingerprint density at radius 3 is 2.30 bits per heavy atom. The highest BCUT2D eigenvalue weighted by molar-refractivity contribution is 7.89. The molecule has 33 heavy (non-hydrogen) atoms. The second kappa shape index (κ2) is 10.4. The summed E-state index contributed by atoms with van der Waals surface area (Å²) in [6, 6.07) is 11.1. The second-order valence-corrected chi connectivity index (χ2v) is 10.0. The number of sulfonamides is 1. The Morgan fingerprint density at radius 2 is 1.58 bits per heavy atom. The monoisotopic (exact) mass is 473 g/mol. The van der Waals surface area contributed by atoms with E-state index in [4.69, 9.17) is 14.2 Å². The molecule has 9 heteroatoms. The Bertz CT molecular complexity index is 1110. The zero-order chi connectivity index (χ0) is 23.3. The van der Waals surface area contributed by atoms with Crippen LogP contribution in [-0.2, 0) is 26.0 Å². The molecule has 176 valence electrons. The second-order valence-electron chi connectivity index (χ2n) is 8.08. The van der Waals surface area contributed by atoms with Gasteiger partial charge < -0.3 is 14.2 Å². The topological polar surface area (TPSA) is 99.2 Å². The molecule has 2 aliphatic heterocycles. The summed E-state index contributed by atoms with van der Waals surface area (Å²) < 4.78 is 43.2. The number of fused-ring (bicyclic) bond motifs is 1. The minimum atomic E-state index is -3.52. The van der Waals surface area contributed by atoms with Crippen molar-refractivity contribution in [3.05, 3.63) is 53.6 Å². The van der Waals surface area contributed by atoms with Crippen LogP contribution in [0.2, 0.25) is 0 Å². The van der Waals surface area contributed by atoms with Crippen LogP contribution < -0.4 is 9.47 Å². The van der Waals surface area contributed by atoms with Gasteiger partial charge >= 0.3 is 5.97 Å². The van der Waals surface area contributed by atoms with E-state index < -0.39 is 16.0 Å². The maximum atomic E-state index is 12.7. The predicted molar refractivity (Wildman–Crippen MR) is 120 cm³/mol. The van der Waals surface area contributed by atoms with Crippen LogP contribution >= 0.6 is 0 Å². The number of rotatable bonds is 7. The molecule has 1 saturated heterocycles. The largest absolute Gasteiger partial charge is 0.490 e. The molecule has 0 unspecified atom stereocenters. The van der Waals surface area contributed by atoms with Crippen LogP contribution in [0.4, 0.5) is 0 Å². The van der Waals surface area contributed by atoms with Gasteiger partial charge in [-0.05, 0) is 48.7 Å². The van der Waals surface area contributed by atoms with Crippen LogP contribution in [0, 0.1) is 0 Å². The molecule has 0 radical (unpaired) electrons. The molecule has 0 bridgehead atoms. The highest BCUT2D eigenvalue weighted by Gasteiger charge is 2.25. The third-order valence-electron chi connectivity index (χ3n) is 5.66. The van der Waals surface area contributed by atoms with Gasteiger partial charge in [-0.2, -0.15) is 4.31 Å². The highest BCUT2D eigenvalue weighted by atomic mass is 32.2. The summed E-state index contributed by atoms with van der Waals surface area (Å²) in [4.78, 5) is 24.9. The van der Waals surface area contributed by atoms with Crippen LogP contribution in [0.15, 0.2) is 47.4 Å². The minimum Gasteiger partial charge on any atom is -0.490 e. The lowest BCUT2D eigenvalue weighted by Crippen LogP contribution is -2.35. The zero-order valence-electron chi connectivity index (χ0n) is 18.3. The first-order chi connectivity index (χ1) is 15.9. The SMILES string of the molecule is O=C(Cc1ccc(S(=O)(=O)N2CCCCC2)cc1)OCC(=O)c1ccc2c(c1)OCCCO2. The van der Waals surface area contributed by atoms with Crippen LogP contribution in [0.3, 0.4) is 0 Å². The molecule has 1 fully saturated rings. The van der Waals surface area contributed by atoms with Gasteiger partial charge in [0.25, 0.3) is 0 Å². The van der Waals surface area contributed by atoms with Gasteiger partial charge in [0.2, 0.25) is 10.0 Å². The van der Waals surface area contributed by atoms with Crippen LogP contribution in [0.25, 0.3) is 0 Å². The van der Waals surface area contributed by atoms with Gasteiger partial charge in [-0.3, -0.25) is 9.59 Å². The van der Waals surface area contributed by atoms with Crippen LogP contribution in [0.1, 0.15) is 41.6 Å². The average molecular weight is 474 g/mol. The van der Waals surface area contributed by atoms with Crippen molar-refractivity contribution in [1.29, 1.82) is 0 Å². The van der Waals surface area contributed by atoms with Crippen LogP contribution in [-0.4, -0.2) is 57.4 Å². The molecule has 0 aliphatic carbocycles. The number of carbonyl (C=O) groups excluding carboxylic acids is 2. The molecule has 0 amide bonds. The van der Waals surface area contributed by atoms with E-state index in [1.165, 1.54) is 16.4 Å². The maximum absolute atomic E-state index is 12.7. The molecule has 8 nitrogen and oxygen atoms in total. The lowest BCUT2D eigenvalue weighted by molar-refractivity contribution is -0.141. The fourth-order valence-electron chi connectivity index (χ4n) is 3.82. The number of hydrogen-bond acceptors (Lipinski definition) is 7. The van der Waals surface area contributed by atoms with E-state index in [1.807, 2.05) is 0 Å². The summed E-state index contributed by atoms with van der Waals surface area (Å²) in [7, 11) is -3.52. The van der Waals surface area contributed by atoms with E-state index in [1.54, 1.807) is 30.3 Å². The zero-order valence-corrected chi connectivity index (χ0v) is 19.1. The summed E-state index contributed by atoms with van der Waals surface area (Å²) in [6.45, 7) is 1.75. The number of Topliss-reactive ketones (excluding diaryl/α,β-unsaturated/α-hetero) is 1. The van der Waals surface area contributed by atoms with Crippen molar-refractivity contribution >= 4 is 21.8 Å². The number of benzene rings is 2. The van der Waals surface area contributed by atoms with Crippen molar-refractivity contribution in [3.63, 3.8) is 0 Å². The molecular formula is C24H27NO7S. The standard InChI is InChI=1S/C24H27NO7S/c26-21(19-7-10-22-23(16-19)31-14-4-13-30-22)17-32-24(27)15-18-5-8-20(9-6-18)33(28,29)25-11-2-1-3-12-25/h5-10,16H,1-4,11-15,17H2. The lowest BCUT2D eigenvalue weighted by Gasteiger charge is -2.25.